The Morgan fingerprint density at radius 1 is 0.652 bits per heavy atom. The maximum absolute atomic E-state index is 9.89. The average Bonchev–Trinajstić information content (AvgIpc) is 3.16. The SMILES string of the molecule is Cc1c2c(c(CO)c3c1SC(CO)(CO)S3)SC(CO)(CO)S2. The molecule has 0 aliphatic carbocycles. The van der Waals surface area contributed by atoms with Gasteiger partial charge in [0.05, 0.1) is 33.0 Å². The van der Waals surface area contributed by atoms with E-state index in [0.717, 1.165) is 30.7 Å². The third-order valence-corrected chi connectivity index (χ3v) is 10.4. The van der Waals surface area contributed by atoms with Gasteiger partial charge in [-0.05, 0) is 12.5 Å². The monoisotopic (exact) mass is 394 g/mol. The second-order valence-electron chi connectivity index (χ2n) is 5.44. The summed E-state index contributed by atoms with van der Waals surface area (Å²) in [6, 6.07) is 0. The van der Waals surface area contributed by atoms with Crippen LogP contribution in [-0.2, 0) is 6.61 Å². The lowest BCUT2D eigenvalue weighted by Crippen LogP contribution is -2.27. The molecule has 0 unspecified atom stereocenters. The standard InChI is InChI=1S/C14H18O5S4/c1-7-9-11(22-13(3-16,4-17)20-9)8(2-15)12-10(7)21-14(5-18,6-19)23-12/h15-19H,2-6H2,1H3. The van der Waals surface area contributed by atoms with Gasteiger partial charge in [-0.2, -0.15) is 0 Å². The Morgan fingerprint density at radius 3 is 1.30 bits per heavy atom. The molecule has 3 rings (SSSR count). The van der Waals surface area contributed by atoms with Gasteiger partial charge in [-0.1, -0.05) is 0 Å². The van der Waals surface area contributed by atoms with Crippen LogP contribution in [0.4, 0.5) is 0 Å². The summed E-state index contributed by atoms with van der Waals surface area (Å²) >= 11 is 5.62. The van der Waals surface area contributed by atoms with Gasteiger partial charge in [-0.3, -0.25) is 0 Å². The topological polar surface area (TPSA) is 101 Å². The van der Waals surface area contributed by atoms with Gasteiger partial charge in [0.1, 0.15) is 8.16 Å². The number of aliphatic hydroxyl groups is 5. The van der Waals surface area contributed by atoms with Gasteiger partial charge in [0.2, 0.25) is 0 Å². The van der Waals surface area contributed by atoms with Gasteiger partial charge in [0.15, 0.2) is 0 Å². The summed E-state index contributed by atoms with van der Waals surface area (Å²) in [6.07, 6.45) is 0. The summed E-state index contributed by atoms with van der Waals surface area (Å²) in [7, 11) is 0. The molecule has 0 aromatic heterocycles. The highest BCUT2D eigenvalue weighted by Crippen LogP contribution is 2.65. The molecular formula is C14H18O5S4. The molecule has 0 saturated carbocycles. The number of rotatable bonds is 5. The van der Waals surface area contributed by atoms with Crippen molar-refractivity contribution < 1.29 is 25.5 Å². The molecule has 0 atom stereocenters. The number of hydrogen-bond acceptors (Lipinski definition) is 9. The molecule has 5 N–H and O–H groups in total. The normalized spacial score (nSPS) is 20.6. The number of aliphatic hydroxyl groups excluding tert-OH is 5. The number of benzene rings is 1. The minimum atomic E-state index is -0.730. The minimum Gasteiger partial charge on any atom is -0.394 e. The van der Waals surface area contributed by atoms with Gasteiger partial charge in [-0.25, -0.2) is 0 Å². The van der Waals surface area contributed by atoms with Crippen LogP contribution in [0.3, 0.4) is 0 Å². The van der Waals surface area contributed by atoms with Gasteiger partial charge in [0.25, 0.3) is 0 Å². The van der Waals surface area contributed by atoms with E-state index in [-0.39, 0.29) is 33.0 Å². The van der Waals surface area contributed by atoms with Crippen molar-refractivity contribution in [3.05, 3.63) is 11.1 Å². The highest BCUT2D eigenvalue weighted by Gasteiger charge is 2.46. The Bertz CT molecular complexity index is 579. The summed E-state index contributed by atoms with van der Waals surface area (Å²) in [5.74, 6) is 0. The lowest BCUT2D eigenvalue weighted by Gasteiger charge is -2.22. The Morgan fingerprint density at radius 2 is 1.00 bits per heavy atom. The summed E-state index contributed by atoms with van der Waals surface area (Å²) in [5, 5.41) is 48.6. The third kappa shape index (κ3) is 2.74. The van der Waals surface area contributed by atoms with Crippen LogP contribution >= 0.6 is 47.0 Å². The van der Waals surface area contributed by atoms with E-state index in [4.69, 9.17) is 0 Å². The maximum Gasteiger partial charge on any atom is 0.116 e. The first-order valence-corrected chi connectivity index (χ1v) is 10.2. The molecule has 0 spiro atoms. The second kappa shape index (κ2) is 6.62. The summed E-state index contributed by atoms with van der Waals surface area (Å²) in [6.45, 7) is 1.14. The fraction of sp³-hybridized carbons (Fsp3) is 0.571. The first kappa shape index (κ1) is 18.2. The van der Waals surface area contributed by atoms with Crippen LogP contribution in [0.2, 0.25) is 0 Å². The van der Waals surface area contributed by atoms with Crippen LogP contribution in [0, 0.1) is 6.92 Å². The van der Waals surface area contributed by atoms with Crippen LogP contribution in [0.25, 0.3) is 0 Å². The molecule has 5 nitrogen and oxygen atoms in total. The molecule has 1 aromatic rings. The number of fused-ring (bicyclic) bond motifs is 2. The van der Waals surface area contributed by atoms with Crippen LogP contribution in [-0.4, -0.2) is 60.1 Å². The van der Waals surface area contributed by atoms with E-state index in [0.29, 0.717) is 0 Å². The Labute approximate surface area is 151 Å². The van der Waals surface area contributed by atoms with Gasteiger partial charge in [0, 0.05) is 25.1 Å². The smallest absolute Gasteiger partial charge is 0.116 e. The minimum absolute atomic E-state index is 0.161. The first-order chi connectivity index (χ1) is 11.0. The zero-order valence-electron chi connectivity index (χ0n) is 12.4. The van der Waals surface area contributed by atoms with E-state index in [9.17, 15) is 25.5 Å². The van der Waals surface area contributed by atoms with Gasteiger partial charge in [-0.15, -0.1) is 47.0 Å². The van der Waals surface area contributed by atoms with Crippen molar-refractivity contribution in [3.8, 4) is 0 Å². The molecule has 0 bridgehead atoms. The zero-order valence-corrected chi connectivity index (χ0v) is 15.7. The Balaban J connectivity index is 2.13. The molecule has 2 heterocycles. The average molecular weight is 395 g/mol. The van der Waals surface area contributed by atoms with E-state index >= 15 is 0 Å². The fourth-order valence-electron chi connectivity index (χ4n) is 2.57. The molecule has 128 valence electrons. The molecule has 9 heteroatoms. The molecule has 0 amide bonds. The third-order valence-electron chi connectivity index (χ3n) is 3.92. The molecule has 1 aromatic carbocycles. The highest BCUT2D eigenvalue weighted by atomic mass is 32.2. The summed E-state index contributed by atoms with van der Waals surface area (Å²) < 4.78 is -1.46. The van der Waals surface area contributed by atoms with Gasteiger partial charge >= 0.3 is 0 Å². The van der Waals surface area contributed by atoms with E-state index in [1.165, 1.54) is 47.0 Å². The van der Waals surface area contributed by atoms with Crippen LogP contribution in [0.15, 0.2) is 19.6 Å². The van der Waals surface area contributed by atoms with Crippen molar-refractivity contribution in [2.75, 3.05) is 26.4 Å². The fourth-order valence-corrected chi connectivity index (χ4v) is 8.55. The Kier molecular flexibility index (Phi) is 5.24. The predicted octanol–water partition coefficient (Wildman–Crippen LogP) is 1.24. The molecule has 2 aliphatic heterocycles. The van der Waals surface area contributed by atoms with Crippen LogP contribution < -0.4 is 0 Å². The van der Waals surface area contributed by atoms with Crippen molar-refractivity contribution in [2.24, 2.45) is 0 Å². The largest absolute Gasteiger partial charge is 0.394 e. The Hall–Kier alpha value is 0.420. The second-order valence-corrected chi connectivity index (χ2v) is 11.5. The highest BCUT2D eigenvalue weighted by molar-refractivity contribution is 8.22. The lowest BCUT2D eigenvalue weighted by molar-refractivity contribution is 0.215. The maximum atomic E-state index is 9.89. The van der Waals surface area contributed by atoms with Crippen molar-refractivity contribution in [1.82, 2.24) is 0 Å². The number of thioether (sulfide) groups is 4. The molecular weight excluding hydrogens is 376 g/mol. The van der Waals surface area contributed by atoms with Crippen molar-refractivity contribution in [2.45, 2.75) is 41.3 Å². The molecule has 0 radical (unpaired) electrons. The van der Waals surface area contributed by atoms with Crippen LogP contribution in [0.1, 0.15) is 11.1 Å². The number of hydrogen-bond donors (Lipinski definition) is 5. The van der Waals surface area contributed by atoms with E-state index in [1.54, 1.807) is 0 Å². The van der Waals surface area contributed by atoms with Gasteiger partial charge < -0.3 is 25.5 Å². The van der Waals surface area contributed by atoms with E-state index in [2.05, 4.69) is 0 Å². The molecule has 0 saturated heterocycles. The molecule has 2 aliphatic rings. The van der Waals surface area contributed by atoms with Crippen molar-refractivity contribution in [3.63, 3.8) is 0 Å². The van der Waals surface area contributed by atoms with Crippen molar-refractivity contribution in [1.29, 1.82) is 0 Å². The quantitative estimate of drug-likeness (QED) is 0.505. The zero-order chi connectivity index (χ0) is 16.8. The van der Waals surface area contributed by atoms with Crippen LogP contribution in [0.5, 0.6) is 0 Å². The first-order valence-electron chi connectivity index (χ1n) is 6.98. The van der Waals surface area contributed by atoms with Crippen molar-refractivity contribution >= 4 is 47.0 Å². The van der Waals surface area contributed by atoms with E-state index in [1.807, 2.05) is 6.92 Å². The predicted molar refractivity (Wildman–Crippen MR) is 94.3 cm³/mol. The molecule has 0 fully saturated rings. The van der Waals surface area contributed by atoms with E-state index < -0.39 is 8.16 Å². The molecule has 23 heavy (non-hydrogen) atoms. The summed E-state index contributed by atoms with van der Waals surface area (Å²) in [4.78, 5) is 3.69. The lowest BCUT2D eigenvalue weighted by atomic mass is 10.1. The summed E-state index contributed by atoms with van der Waals surface area (Å²) in [5.41, 5.74) is 1.76.